The van der Waals surface area contributed by atoms with E-state index in [1.54, 1.807) is 19.1 Å². The van der Waals surface area contributed by atoms with Gasteiger partial charge in [0.1, 0.15) is 11.6 Å². The van der Waals surface area contributed by atoms with Gasteiger partial charge >= 0.3 is 5.97 Å². The summed E-state index contributed by atoms with van der Waals surface area (Å²) in [7, 11) is 0. The van der Waals surface area contributed by atoms with Crippen LogP contribution in [0.1, 0.15) is 17.3 Å². The first kappa shape index (κ1) is 15.1. The third-order valence-corrected chi connectivity index (χ3v) is 2.97. The summed E-state index contributed by atoms with van der Waals surface area (Å²) in [6.07, 6.45) is 0. The lowest BCUT2D eigenvalue weighted by Gasteiger charge is -2.12. The number of carbonyl (C=O) groups is 1. The third kappa shape index (κ3) is 3.44. The molecule has 0 aliphatic heterocycles. The molecule has 0 radical (unpaired) electrons. The molecule has 4 nitrogen and oxygen atoms in total. The zero-order valence-corrected chi connectivity index (χ0v) is 12.0. The number of nitrogens with two attached hydrogens (primary N) is 1. The van der Waals surface area contributed by atoms with Gasteiger partial charge in [-0.05, 0) is 37.3 Å². The molecule has 2 aromatic rings. The van der Waals surface area contributed by atoms with Gasteiger partial charge in [-0.15, -0.1) is 0 Å². The number of hydrogen-bond donors (Lipinski definition) is 1. The second-order valence-electron chi connectivity index (χ2n) is 4.11. The molecule has 0 aliphatic rings. The highest BCUT2D eigenvalue weighted by Crippen LogP contribution is 2.34. The molecule has 2 rings (SSSR count). The molecule has 0 saturated carbocycles. The monoisotopic (exact) mass is 309 g/mol. The minimum atomic E-state index is -0.536. The number of para-hydroxylation sites is 1. The first-order valence-electron chi connectivity index (χ1n) is 6.21. The van der Waals surface area contributed by atoms with Crippen LogP contribution in [0.3, 0.4) is 0 Å². The number of hydrogen-bond acceptors (Lipinski definition) is 4. The Balaban J connectivity index is 2.32. The molecular weight excluding hydrogens is 297 g/mol. The minimum absolute atomic E-state index is 0.107. The minimum Gasteiger partial charge on any atom is -0.462 e. The predicted octanol–water partition coefficient (Wildman–Crippen LogP) is 4.03. The smallest absolute Gasteiger partial charge is 0.340 e. The molecule has 0 saturated heterocycles. The fourth-order valence-electron chi connectivity index (χ4n) is 1.70. The molecule has 110 valence electrons. The molecule has 0 unspecified atom stereocenters. The largest absolute Gasteiger partial charge is 0.462 e. The number of nitrogen functional groups attached to an aromatic ring is 1. The second-order valence-corrected chi connectivity index (χ2v) is 4.52. The Morgan fingerprint density at radius 1 is 1.29 bits per heavy atom. The summed E-state index contributed by atoms with van der Waals surface area (Å²) >= 11 is 5.89. The fraction of sp³-hybridized carbons (Fsp3) is 0.133. The Bertz CT molecular complexity index is 676. The van der Waals surface area contributed by atoms with Gasteiger partial charge in [-0.3, -0.25) is 0 Å². The number of esters is 1. The molecule has 6 heteroatoms. The summed E-state index contributed by atoms with van der Waals surface area (Å²) in [4.78, 5) is 11.7. The van der Waals surface area contributed by atoms with Gasteiger partial charge in [-0.2, -0.15) is 0 Å². The average Bonchev–Trinajstić information content (AvgIpc) is 2.44. The molecule has 0 fully saturated rings. The van der Waals surface area contributed by atoms with Crippen LogP contribution in [0.15, 0.2) is 36.4 Å². The maximum absolute atomic E-state index is 13.0. The summed E-state index contributed by atoms with van der Waals surface area (Å²) in [6.45, 7) is 1.94. The number of ether oxygens (including phenoxy) is 2. The van der Waals surface area contributed by atoms with Crippen molar-refractivity contribution in [2.75, 3.05) is 12.3 Å². The summed E-state index contributed by atoms with van der Waals surface area (Å²) in [5, 5.41) is 0.107. The Kier molecular flexibility index (Phi) is 4.65. The van der Waals surface area contributed by atoms with E-state index in [4.69, 9.17) is 26.8 Å². The molecule has 0 bridgehead atoms. The van der Waals surface area contributed by atoms with E-state index in [1.807, 2.05) is 0 Å². The van der Waals surface area contributed by atoms with E-state index in [9.17, 15) is 9.18 Å². The van der Waals surface area contributed by atoms with E-state index in [2.05, 4.69) is 0 Å². The summed E-state index contributed by atoms with van der Waals surface area (Å²) in [6, 6.07) is 8.45. The Morgan fingerprint density at radius 2 is 2.05 bits per heavy atom. The maximum Gasteiger partial charge on any atom is 0.340 e. The van der Waals surface area contributed by atoms with Crippen molar-refractivity contribution in [1.29, 1.82) is 0 Å². The SMILES string of the molecule is CCOC(=O)c1cccc(Oc2ccc(F)cc2Cl)c1N. The van der Waals surface area contributed by atoms with E-state index >= 15 is 0 Å². The average molecular weight is 310 g/mol. The second kappa shape index (κ2) is 6.45. The lowest BCUT2D eigenvalue weighted by molar-refractivity contribution is 0.0527. The molecule has 21 heavy (non-hydrogen) atoms. The molecule has 0 aliphatic carbocycles. The van der Waals surface area contributed by atoms with Crippen molar-refractivity contribution in [3.8, 4) is 11.5 Å². The third-order valence-electron chi connectivity index (χ3n) is 2.68. The van der Waals surface area contributed by atoms with Crippen molar-refractivity contribution < 1.29 is 18.7 Å². The molecule has 0 heterocycles. The summed E-state index contributed by atoms with van der Waals surface area (Å²) in [5.74, 6) is -0.522. The standard InChI is InChI=1S/C15H13ClFNO3/c1-2-20-15(19)10-4-3-5-13(14(10)18)21-12-7-6-9(17)8-11(12)16/h3-8H,2,18H2,1H3. The number of benzene rings is 2. The van der Waals surface area contributed by atoms with Crippen LogP contribution in [0.2, 0.25) is 5.02 Å². The van der Waals surface area contributed by atoms with Crippen molar-refractivity contribution >= 4 is 23.3 Å². The first-order chi connectivity index (χ1) is 10.0. The molecule has 0 atom stereocenters. The van der Waals surface area contributed by atoms with Gasteiger partial charge in [0.05, 0.1) is 22.9 Å². The molecular formula is C15H13ClFNO3. The van der Waals surface area contributed by atoms with E-state index in [0.29, 0.717) is 0 Å². The fourth-order valence-corrected chi connectivity index (χ4v) is 1.90. The molecule has 2 aromatic carbocycles. The highest BCUT2D eigenvalue weighted by atomic mass is 35.5. The van der Waals surface area contributed by atoms with Gasteiger partial charge in [-0.25, -0.2) is 9.18 Å². The van der Waals surface area contributed by atoms with Gasteiger partial charge in [0.2, 0.25) is 0 Å². The zero-order chi connectivity index (χ0) is 15.4. The normalized spacial score (nSPS) is 10.2. The van der Waals surface area contributed by atoms with Crippen LogP contribution in [0.5, 0.6) is 11.5 Å². The quantitative estimate of drug-likeness (QED) is 0.684. The summed E-state index contributed by atoms with van der Waals surface area (Å²) in [5.41, 5.74) is 6.24. The van der Waals surface area contributed by atoms with Crippen LogP contribution in [0.25, 0.3) is 0 Å². The molecule has 2 N–H and O–H groups in total. The Hall–Kier alpha value is -2.27. The van der Waals surface area contributed by atoms with Crippen LogP contribution >= 0.6 is 11.6 Å². The maximum atomic E-state index is 13.0. The van der Waals surface area contributed by atoms with E-state index < -0.39 is 11.8 Å². The predicted molar refractivity (Wildman–Crippen MR) is 78.3 cm³/mol. The topological polar surface area (TPSA) is 61.5 Å². The highest BCUT2D eigenvalue weighted by Gasteiger charge is 2.15. The zero-order valence-electron chi connectivity index (χ0n) is 11.2. The van der Waals surface area contributed by atoms with Crippen LogP contribution in [0.4, 0.5) is 10.1 Å². The first-order valence-corrected chi connectivity index (χ1v) is 6.59. The van der Waals surface area contributed by atoms with E-state index in [0.717, 1.165) is 6.07 Å². The van der Waals surface area contributed by atoms with E-state index in [-0.39, 0.29) is 34.4 Å². The van der Waals surface area contributed by atoms with Crippen LogP contribution in [0, 0.1) is 5.82 Å². The van der Waals surface area contributed by atoms with E-state index in [1.165, 1.54) is 18.2 Å². The van der Waals surface area contributed by atoms with Gasteiger partial charge in [0, 0.05) is 0 Å². The number of anilines is 1. The molecule has 0 amide bonds. The number of halogens is 2. The highest BCUT2D eigenvalue weighted by molar-refractivity contribution is 6.32. The molecule has 0 spiro atoms. The van der Waals surface area contributed by atoms with Crippen LogP contribution in [-0.2, 0) is 4.74 Å². The van der Waals surface area contributed by atoms with Crippen molar-refractivity contribution in [3.05, 3.63) is 52.8 Å². The molecule has 0 aromatic heterocycles. The van der Waals surface area contributed by atoms with Gasteiger partial charge < -0.3 is 15.2 Å². The van der Waals surface area contributed by atoms with Crippen molar-refractivity contribution in [3.63, 3.8) is 0 Å². The number of carbonyl (C=O) groups excluding carboxylic acids is 1. The van der Waals surface area contributed by atoms with Gasteiger partial charge in [0.15, 0.2) is 5.75 Å². The lowest BCUT2D eigenvalue weighted by Crippen LogP contribution is -2.08. The van der Waals surface area contributed by atoms with Crippen molar-refractivity contribution in [2.24, 2.45) is 0 Å². The number of rotatable bonds is 4. The van der Waals surface area contributed by atoms with Crippen LogP contribution in [-0.4, -0.2) is 12.6 Å². The van der Waals surface area contributed by atoms with Crippen molar-refractivity contribution in [1.82, 2.24) is 0 Å². The Labute approximate surface area is 126 Å². The van der Waals surface area contributed by atoms with Crippen LogP contribution < -0.4 is 10.5 Å². The van der Waals surface area contributed by atoms with Crippen molar-refractivity contribution in [2.45, 2.75) is 6.92 Å². The van der Waals surface area contributed by atoms with Gasteiger partial charge in [0.25, 0.3) is 0 Å². The summed E-state index contributed by atoms with van der Waals surface area (Å²) < 4.78 is 23.4. The van der Waals surface area contributed by atoms with Gasteiger partial charge in [-0.1, -0.05) is 17.7 Å². The lowest BCUT2D eigenvalue weighted by atomic mass is 10.1. The Morgan fingerprint density at radius 3 is 2.71 bits per heavy atom.